The molecule has 0 radical (unpaired) electrons. The summed E-state index contributed by atoms with van der Waals surface area (Å²) >= 11 is 4.06. The van der Waals surface area contributed by atoms with Gasteiger partial charge < -0.3 is 24.7 Å². The number of Topliss-reactive ketones (excluding diaryl/α,β-unsaturated/α-hetero) is 1. The number of aryl methyl sites for hydroxylation is 1. The number of ether oxygens (including phenoxy) is 1. The number of ketones is 2. The van der Waals surface area contributed by atoms with E-state index in [0.717, 1.165) is 16.5 Å². The molecule has 5 aromatic rings. The predicted octanol–water partition coefficient (Wildman–Crippen LogP) is 8.12. The molecule has 5 rings (SSSR count). The summed E-state index contributed by atoms with van der Waals surface area (Å²) < 4.78 is 12.3. The molecule has 1 aromatic heterocycles. The van der Waals surface area contributed by atoms with Gasteiger partial charge in [0, 0.05) is 41.9 Å². The van der Waals surface area contributed by atoms with Crippen LogP contribution in [0.3, 0.4) is 0 Å². The lowest BCUT2D eigenvalue weighted by Crippen LogP contribution is -2.33. The molecule has 0 aliphatic heterocycles. The maximum atomic E-state index is 13.0. The van der Waals surface area contributed by atoms with Gasteiger partial charge in [-0.05, 0) is 88.0 Å². The van der Waals surface area contributed by atoms with E-state index in [4.69, 9.17) is 9.15 Å². The number of aromatic hydroxyl groups is 1. The highest BCUT2D eigenvalue weighted by molar-refractivity contribution is 14.1. The Morgan fingerprint density at radius 2 is 1.58 bits per heavy atom. The Hall–Kier alpha value is -3.26. The van der Waals surface area contributed by atoms with Crippen LogP contribution in [-0.4, -0.2) is 41.5 Å². The number of phenols is 1. The number of benzene rings is 4. The minimum absolute atomic E-state index is 0.0535. The first kappa shape index (κ1) is 34.6. The number of aliphatic hydroxyl groups is 1. The number of carbonyl (C=O) groups excluding carboxylic acids is 2. The summed E-state index contributed by atoms with van der Waals surface area (Å²) in [5.74, 6) is 1.57. The van der Waals surface area contributed by atoms with Crippen LogP contribution in [0.2, 0.25) is 0 Å². The van der Waals surface area contributed by atoms with Crippen molar-refractivity contribution >= 4 is 67.7 Å². The van der Waals surface area contributed by atoms with Crippen LogP contribution in [0.5, 0.6) is 11.5 Å². The average molecular weight is 831 g/mol. The molecule has 0 amide bonds. The molecule has 0 saturated heterocycles. The molecule has 9 heteroatoms. The van der Waals surface area contributed by atoms with Crippen molar-refractivity contribution < 1.29 is 29.0 Å². The maximum absolute atomic E-state index is 13.0. The van der Waals surface area contributed by atoms with Crippen molar-refractivity contribution in [2.45, 2.75) is 38.8 Å². The van der Waals surface area contributed by atoms with Gasteiger partial charge in [-0.15, -0.1) is 0 Å². The van der Waals surface area contributed by atoms with E-state index >= 15 is 0 Å². The summed E-state index contributed by atoms with van der Waals surface area (Å²) in [5, 5.41) is 24.2. The molecule has 0 aliphatic carbocycles. The Labute approximate surface area is 290 Å². The monoisotopic (exact) mass is 831 g/mol. The molecule has 7 nitrogen and oxygen atoms in total. The lowest BCUT2D eigenvalue weighted by molar-refractivity contribution is 0.0971. The number of phenolic OH excluding ortho intramolecular Hbond substituents is 1. The summed E-state index contributed by atoms with van der Waals surface area (Å²) in [6, 6.07) is 27.5. The minimum atomic E-state index is -0.594. The highest BCUT2D eigenvalue weighted by Gasteiger charge is 2.22. The third-order valence-electron chi connectivity index (χ3n) is 7.32. The zero-order valence-corrected chi connectivity index (χ0v) is 29.5. The number of aliphatic hydroxyl groups excluding tert-OH is 1. The number of carbonyl (C=O) groups is 2. The zero-order chi connectivity index (χ0) is 32.5. The van der Waals surface area contributed by atoms with Crippen LogP contribution in [-0.2, 0) is 6.42 Å². The van der Waals surface area contributed by atoms with Crippen molar-refractivity contribution in [2.24, 2.45) is 0 Å². The summed E-state index contributed by atoms with van der Waals surface area (Å²) in [4.78, 5) is 25.1. The fourth-order valence-corrected chi connectivity index (χ4v) is 6.61. The molecule has 45 heavy (non-hydrogen) atoms. The Morgan fingerprint density at radius 1 is 0.911 bits per heavy atom. The van der Waals surface area contributed by atoms with Crippen LogP contribution in [0.1, 0.15) is 64.0 Å². The van der Waals surface area contributed by atoms with E-state index < -0.39 is 6.10 Å². The minimum Gasteiger partial charge on any atom is -0.506 e. The number of rotatable bonds is 11. The normalized spacial score (nSPS) is 12.2. The van der Waals surface area contributed by atoms with Gasteiger partial charge in [0.25, 0.3) is 0 Å². The first-order valence-corrected chi connectivity index (χ1v) is 16.7. The van der Waals surface area contributed by atoms with Crippen LogP contribution in [0, 0.1) is 7.14 Å². The first-order valence-electron chi connectivity index (χ1n) is 14.5. The standard InChI is InChI=1S/C19H23NO3.C17H12I2O3/c1-14(19(22)15-7-4-3-5-8-15)20-12-11-18(21)16-9-6-10-17(13-16)23-2;1-2-13-15(10-5-3-4-6-14(10)22-13)16(20)9-7-11(18)17(21)12(19)8-9/h3-10,13-14,19-20,22H,11-12H2,1-2H3;3-8,21H,2H2,1H3/t14-,19-;/m0./s1. The van der Waals surface area contributed by atoms with Gasteiger partial charge in [0.1, 0.15) is 22.8 Å². The summed E-state index contributed by atoms with van der Waals surface area (Å²) in [6.45, 7) is 4.40. The largest absolute Gasteiger partial charge is 0.506 e. The second-order valence-electron chi connectivity index (χ2n) is 10.4. The van der Waals surface area contributed by atoms with E-state index in [1.165, 1.54) is 0 Å². The highest BCUT2D eigenvalue weighted by atomic mass is 127. The Kier molecular flexibility index (Phi) is 12.6. The van der Waals surface area contributed by atoms with Gasteiger partial charge in [-0.25, -0.2) is 0 Å². The highest BCUT2D eigenvalue weighted by Crippen LogP contribution is 2.32. The van der Waals surface area contributed by atoms with Gasteiger partial charge in [0.2, 0.25) is 0 Å². The number of halogens is 2. The van der Waals surface area contributed by atoms with Crippen LogP contribution in [0.4, 0.5) is 0 Å². The van der Waals surface area contributed by atoms with Gasteiger partial charge >= 0.3 is 0 Å². The molecule has 0 aliphatic rings. The van der Waals surface area contributed by atoms with Gasteiger partial charge in [-0.2, -0.15) is 0 Å². The number of fused-ring (bicyclic) bond motifs is 1. The number of para-hydroxylation sites is 1. The van der Waals surface area contributed by atoms with Crippen LogP contribution in [0.25, 0.3) is 11.0 Å². The molecule has 234 valence electrons. The van der Waals surface area contributed by atoms with E-state index in [-0.39, 0.29) is 23.4 Å². The number of hydrogen-bond donors (Lipinski definition) is 3. The molecule has 0 spiro atoms. The fourth-order valence-electron chi connectivity index (χ4n) is 4.84. The van der Waals surface area contributed by atoms with Gasteiger partial charge in [0.05, 0.1) is 25.9 Å². The second kappa shape index (κ2) is 16.3. The first-order chi connectivity index (χ1) is 21.6. The smallest absolute Gasteiger partial charge is 0.197 e. The SMILES string of the molecule is CCc1oc2ccccc2c1C(=O)c1cc(I)c(O)c(I)c1.COc1cccc(C(=O)CCN[C@@H](C)[C@H](O)c2ccccc2)c1. The molecular formula is C36H35I2NO6. The Bertz CT molecular complexity index is 1750. The maximum Gasteiger partial charge on any atom is 0.197 e. The third kappa shape index (κ3) is 8.72. The fraction of sp³-hybridized carbons (Fsp3) is 0.222. The van der Waals surface area contributed by atoms with E-state index in [0.29, 0.717) is 54.7 Å². The van der Waals surface area contributed by atoms with Crippen molar-refractivity contribution in [2.75, 3.05) is 13.7 Å². The van der Waals surface area contributed by atoms with Crippen LogP contribution < -0.4 is 10.1 Å². The Balaban J connectivity index is 0.000000205. The lowest BCUT2D eigenvalue weighted by atomic mass is 9.99. The number of furan rings is 1. The summed E-state index contributed by atoms with van der Waals surface area (Å²) in [6.07, 6.45) is 0.434. The van der Waals surface area contributed by atoms with E-state index in [9.17, 15) is 19.8 Å². The van der Waals surface area contributed by atoms with E-state index in [1.807, 2.05) is 120 Å². The van der Waals surface area contributed by atoms with Crippen LogP contribution in [0.15, 0.2) is 95.4 Å². The van der Waals surface area contributed by atoms with Crippen molar-refractivity contribution in [3.05, 3.63) is 126 Å². The quantitative estimate of drug-likeness (QED) is 0.0912. The molecule has 0 fully saturated rings. The molecule has 3 N–H and O–H groups in total. The molecular weight excluding hydrogens is 796 g/mol. The predicted molar refractivity (Wildman–Crippen MR) is 193 cm³/mol. The third-order valence-corrected chi connectivity index (χ3v) is 8.97. The summed E-state index contributed by atoms with van der Waals surface area (Å²) in [5.41, 5.74) is 3.42. The number of hydrogen-bond acceptors (Lipinski definition) is 7. The van der Waals surface area contributed by atoms with E-state index in [1.54, 1.807) is 37.4 Å². The van der Waals surface area contributed by atoms with Gasteiger partial charge in [-0.3, -0.25) is 9.59 Å². The van der Waals surface area contributed by atoms with E-state index in [2.05, 4.69) is 5.32 Å². The van der Waals surface area contributed by atoms with Crippen LogP contribution >= 0.6 is 45.2 Å². The average Bonchev–Trinajstić information content (AvgIpc) is 3.45. The lowest BCUT2D eigenvalue weighted by Gasteiger charge is -2.20. The van der Waals surface area contributed by atoms with Crippen molar-refractivity contribution in [1.82, 2.24) is 5.32 Å². The Morgan fingerprint density at radius 3 is 2.24 bits per heavy atom. The van der Waals surface area contributed by atoms with Crippen molar-refractivity contribution in [3.8, 4) is 11.5 Å². The molecule has 2 atom stereocenters. The zero-order valence-electron chi connectivity index (χ0n) is 25.2. The topological polar surface area (TPSA) is 109 Å². The second-order valence-corrected chi connectivity index (χ2v) is 12.7. The summed E-state index contributed by atoms with van der Waals surface area (Å²) in [7, 11) is 1.58. The van der Waals surface area contributed by atoms with Crippen molar-refractivity contribution in [3.63, 3.8) is 0 Å². The van der Waals surface area contributed by atoms with Crippen molar-refractivity contribution in [1.29, 1.82) is 0 Å². The van der Waals surface area contributed by atoms with Gasteiger partial charge in [0.15, 0.2) is 11.6 Å². The molecule has 0 unspecified atom stereocenters. The molecule has 1 heterocycles. The number of methoxy groups -OCH3 is 1. The molecule has 0 saturated carbocycles. The number of nitrogens with one attached hydrogen (secondary N) is 1. The molecule has 4 aromatic carbocycles. The molecule has 0 bridgehead atoms. The van der Waals surface area contributed by atoms with Gasteiger partial charge in [-0.1, -0.05) is 67.6 Å².